The Kier molecular flexibility index (Phi) is 3.96. The molecule has 21 heavy (non-hydrogen) atoms. The first-order valence-corrected chi connectivity index (χ1v) is 7.13. The van der Waals surface area contributed by atoms with Crippen LogP contribution in [0.4, 0.5) is 0 Å². The van der Waals surface area contributed by atoms with E-state index in [-0.39, 0.29) is 5.91 Å². The minimum atomic E-state index is -0.845. The van der Waals surface area contributed by atoms with E-state index < -0.39 is 5.60 Å². The Morgan fingerprint density at radius 3 is 2.90 bits per heavy atom. The Morgan fingerprint density at radius 2 is 2.24 bits per heavy atom. The number of carbonyl (C=O) groups is 1. The molecule has 2 aromatic rings. The summed E-state index contributed by atoms with van der Waals surface area (Å²) in [5.41, 5.74) is 0.0718. The molecule has 0 aliphatic carbocycles. The topological polar surface area (TPSA) is 79.9 Å². The molecular formula is C15H18N4O2. The van der Waals surface area contributed by atoms with Gasteiger partial charge in [-0.3, -0.25) is 9.89 Å². The summed E-state index contributed by atoms with van der Waals surface area (Å²) in [6, 6.07) is 9.69. The second-order valence-electron chi connectivity index (χ2n) is 5.08. The van der Waals surface area contributed by atoms with E-state index in [0.717, 1.165) is 17.8 Å². The molecule has 0 radical (unpaired) electrons. The van der Waals surface area contributed by atoms with Crippen LogP contribution in [-0.4, -0.2) is 34.2 Å². The summed E-state index contributed by atoms with van der Waals surface area (Å²) in [5, 5.41) is 9.51. The summed E-state index contributed by atoms with van der Waals surface area (Å²) < 4.78 is 5.83. The fraction of sp³-hybridized carbons (Fsp3) is 0.400. The van der Waals surface area contributed by atoms with Gasteiger partial charge in [-0.05, 0) is 18.4 Å². The van der Waals surface area contributed by atoms with E-state index in [9.17, 15) is 4.79 Å². The average Bonchev–Trinajstić information content (AvgIpc) is 3.20. The summed E-state index contributed by atoms with van der Waals surface area (Å²) in [5.74, 6) is 0.683. The van der Waals surface area contributed by atoms with E-state index in [1.54, 1.807) is 0 Å². The van der Waals surface area contributed by atoms with Crippen molar-refractivity contribution in [2.75, 3.05) is 13.2 Å². The number of nitrogens with one attached hydrogen (secondary N) is 2. The quantitative estimate of drug-likeness (QED) is 0.864. The van der Waals surface area contributed by atoms with Crippen LogP contribution in [0, 0.1) is 0 Å². The van der Waals surface area contributed by atoms with Gasteiger partial charge in [-0.25, -0.2) is 4.98 Å². The molecule has 2 heterocycles. The number of H-pyrrole nitrogens is 1. The van der Waals surface area contributed by atoms with E-state index in [1.165, 1.54) is 6.33 Å². The van der Waals surface area contributed by atoms with Crippen molar-refractivity contribution in [2.45, 2.75) is 24.9 Å². The molecule has 6 heteroatoms. The maximum atomic E-state index is 12.6. The summed E-state index contributed by atoms with van der Waals surface area (Å²) in [6.07, 6.45) is 3.69. The highest BCUT2D eigenvalue weighted by Gasteiger charge is 2.44. The number of benzene rings is 1. The van der Waals surface area contributed by atoms with E-state index in [1.807, 2.05) is 30.3 Å². The Hall–Kier alpha value is -2.21. The molecule has 1 aromatic carbocycles. The lowest BCUT2D eigenvalue weighted by molar-refractivity contribution is -0.142. The maximum absolute atomic E-state index is 12.6. The van der Waals surface area contributed by atoms with Crippen molar-refractivity contribution in [2.24, 2.45) is 0 Å². The standard InChI is InChI=1S/C15H18N4O2/c20-14(16-9-7-13-17-11-18-19-13)15(8-4-10-21-15)12-5-2-1-3-6-12/h1-3,5-6,11H,4,7-10H2,(H,16,20)(H,17,18,19). The highest BCUT2D eigenvalue weighted by molar-refractivity contribution is 5.86. The Bertz CT molecular complexity index is 577. The van der Waals surface area contributed by atoms with Gasteiger partial charge >= 0.3 is 0 Å². The molecule has 0 saturated carbocycles. The van der Waals surface area contributed by atoms with Crippen molar-refractivity contribution in [3.05, 3.63) is 48.0 Å². The molecule has 6 nitrogen and oxygen atoms in total. The summed E-state index contributed by atoms with van der Waals surface area (Å²) in [6.45, 7) is 1.12. The zero-order chi connectivity index (χ0) is 14.5. The minimum absolute atomic E-state index is 0.0780. The monoisotopic (exact) mass is 286 g/mol. The SMILES string of the molecule is O=C(NCCc1ncn[nH]1)C1(c2ccccc2)CCCO1. The molecule has 0 bridgehead atoms. The van der Waals surface area contributed by atoms with Crippen LogP contribution < -0.4 is 5.32 Å². The average molecular weight is 286 g/mol. The van der Waals surface area contributed by atoms with Crippen LogP contribution in [0.3, 0.4) is 0 Å². The van der Waals surface area contributed by atoms with E-state index in [4.69, 9.17) is 4.74 Å². The molecule has 1 unspecified atom stereocenters. The molecule has 2 N–H and O–H groups in total. The normalized spacial score (nSPS) is 21.3. The third-order valence-corrected chi connectivity index (χ3v) is 3.74. The van der Waals surface area contributed by atoms with E-state index >= 15 is 0 Å². The van der Waals surface area contributed by atoms with Crippen molar-refractivity contribution in [1.82, 2.24) is 20.5 Å². The molecule has 1 atom stereocenters. The van der Waals surface area contributed by atoms with Crippen LogP contribution in [0.2, 0.25) is 0 Å². The summed E-state index contributed by atoms with van der Waals surface area (Å²) in [7, 11) is 0. The van der Waals surface area contributed by atoms with Crippen molar-refractivity contribution in [1.29, 1.82) is 0 Å². The number of hydrogen-bond donors (Lipinski definition) is 2. The molecule has 1 aliphatic heterocycles. The van der Waals surface area contributed by atoms with Gasteiger partial charge in [0, 0.05) is 19.6 Å². The van der Waals surface area contributed by atoms with Crippen LogP contribution in [0.25, 0.3) is 0 Å². The number of ether oxygens (including phenoxy) is 1. The Balaban J connectivity index is 1.68. The van der Waals surface area contributed by atoms with E-state index in [0.29, 0.717) is 26.0 Å². The predicted molar refractivity (Wildman–Crippen MR) is 76.4 cm³/mol. The number of rotatable bonds is 5. The maximum Gasteiger partial charge on any atom is 0.256 e. The molecule has 1 aromatic heterocycles. The first-order valence-electron chi connectivity index (χ1n) is 7.13. The third kappa shape index (κ3) is 2.80. The van der Waals surface area contributed by atoms with Gasteiger partial charge in [-0.1, -0.05) is 30.3 Å². The molecular weight excluding hydrogens is 268 g/mol. The third-order valence-electron chi connectivity index (χ3n) is 3.74. The zero-order valence-corrected chi connectivity index (χ0v) is 11.7. The van der Waals surface area contributed by atoms with Gasteiger partial charge in [0.2, 0.25) is 0 Å². The minimum Gasteiger partial charge on any atom is -0.360 e. The van der Waals surface area contributed by atoms with Gasteiger partial charge in [-0.15, -0.1) is 0 Å². The molecule has 0 spiro atoms. The lowest BCUT2D eigenvalue weighted by Gasteiger charge is -2.27. The first-order chi connectivity index (χ1) is 10.3. The van der Waals surface area contributed by atoms with Gasteiger partial charge in [0.15, 0.2) is 5.60 Å². The molecule has 3 rings (SSSR count). The van der Waals surface area contributed by atoms with Gasteiger partial charge < -0.3 is 10.1 Å². The van der Waals surface area contributed by atoms with Crippen LogP contribution in [-0.2, 0) is 21.6 Å². The van der Waals surface area contributed by atoms with E-state index in [2.05, 4.69) is 20.5 Å². The number of carbonyl (C=O) groups excluding carboxylic acids is 1. The lowest BCUT2D eigenvalue weighted by atomic mass is 9.90. The number of aromatic amines is 1. The largest absolute Gasteiger partial charge is 0.360 e. The number of nitrogens with zero attached hydrogens (tertiary/aromatic N) is 2. The number of aromatic nitrogens is 3. The van der Waals surface area contributed by atoms with Crippen LogP contribution in [0.5, 0.6) is 0 Å². The zero-order valence-electron chi connectivity index (χ0n) is 11.7. The van der Waals surface area contributed by atoms with Gasteiger partial charge in [0.05, 0.1) is 0 Å². The van der Waals surface area contributed by atoms with Gasteiger partial charge in [-0.2, -0.15) is 5.10 Å². The summed E-state index contributed by atoms with van der Waals surface area (Å²) in [4.78, 5) is 16.7. The second-order valence-corrected chi connectivity index (χ2v) is 5.08. The smallest absolute Gasteiger partial charge is 0.256 e. The predicted octanol–water partition coefficient (Wildman–Crippen LogP) is 1.17. The highest BCUT2D eigenvalue weighted by atomic mass is 16.5. The molecule has 1 aliphatic rings. The van der Waals surface area contributed by atoms with Gasteiger partial charge in [0.25, 0.3) is 5.91 Å². The van der Waals surface area contributed by atoms with Crippen molar-refractivity contribution in [3.8, 4) is 0 Å². The Morgan fingerprint density at radius 1 is 1.38 bits per heavy atom. The molecule has 1 saturated heterocycles. The second kappa shape index (κ2) is 6.05. The van der Waals surface area contributed by atoms with Crippen molar-refractivity contribution < 1.29 is 9.53 Å². The van der Waals surface area contributed by atoms with Crippen molar-refractivity contribution >= 4 is 5.91 Å². The number of amides is 1. The van der Waals surface area contributed by atoms with Crippen LogP contribution >= 0.6 is 0 Å². The first kappa shape index (κ1) is 13.8. The van der Waals surface area contributed by atoms with Crippen molar-refractivity contribution in [3.63, 3.8) is 0 Å². The van der Waals surface area contributed by atoms with Gasteiger partial charge in [0.1, 0.15) is 12.2 Å². The highest BCUT2D eigenvalue weighted by Crippen LogP contribution is 2.36. The lowest BCUT2D eigenvalue weighted by Crippen LogP contribution is -2.44. The van der Waals surface area contributed by atoms with Crippen LogP contribution in [0.1, 0.15) is 24.2 Å². The fourth-order valence-electron chi connectivity index (χ4n) is 2.67. The molecule has 1 fully saturated rings. The van der Waals surface area contributed by atoms with Crippen LogP contribution in [0.15, 0.2) is 36.7 Å². The Labute approximate surface area is 122 Å². The molecule has 110 valence electrons. The summed E-state index contributed by atoms with van der Waals surface area (Å²) >= 11 is 0. The number of hydrogen-bond acceptors (Lipinski definition) is 4. The fourth-order valence-corrected chi connectivity index (χ4v) is 2.67. The molecule has 1 amide bonds.